The van der Waals surface area contributed by atoms with Gasteiger partial charge in [0.25, 0.3) is 0 Å². The maximum Gasteiger partial charge on any atom is 0.311 e. The molecule has 80 valence electrons. The molecule has 1 aromatic rings. The number of aliphatic carboxylic acids is 1. The van der Waals surface area contributed by atoms with E-state index >= 15 is 0 Å². The van der Waals surface area contributed by atoms with Crippen LogP contribution in [0.25, 0.3) is 0 Å². The van der Waals surface area contributed by atoms with Gasteiger partial charge in [0, 0.05) is 11.6 Å². The zero-order chi connectivity index (χ0) is 10.8. The van der Waals surface area contributed by atoms with Gasteiger partial charge in [0.2, 0.25) is 0 Å². The van der Waals surface area contributed by atoms with Gasteiger partial charge in [0.05, 0.1) is 19.6 Å². The van der Waals surface area contributed by atoms with Crippen molar-refractivity contribution in [1.82, 2.24) is 0 Å². The Hall–Kier alpha value is -1.71. The predicted octanol–water partition coefficient (Wildman–Crippen LogP) is 1.65. The van der Waals surface area contributed by atoms with Crippen molar-refractivity contribution in [3.63, 3.8) is 0 Å². The Morgan fingerprint density at radius 3 is 3.07 bits per heavy atom. The van der Waals surface area contributed by atoms with Crippen LogP contribution >= 0.6 is 0 Å². The Morgan fingerprint density at radius 1 is 1.60 bits per heavy atom. The Balaban J connectivity index is 2.40. The van der Waals surface area contributed by atoms with Crippen molar-refractivity contribution in [2.75, 3.05) is 13.7 Å². The highest BCUT2D eigenvalue weighted by molar-refractivity contribution is 5.77. The summed E-state index contributed by atoms with van der Waals surface area (Å²) in [5, 5.41) is 9.02. The first-order valence-electron chi connectivity index (χ1n) is 4.76. The van der Waals surface area contributed by atoms with Crippen LogP contribution in [0.2, 0.25) is 0 Å². The number of hydrogen-bond donors (Lipinski definition) is 1. The molecule has 4 heteroatoms. The molecule has 2 rings (SSSR count). The number of carboxylic acid groups (broad SMARTS) is 1. The minimum absolute atomic E-state index is 0.442. The zero-order valence-electron chi connectivity index (χ0n) is 8.40. The van der Waals surface area contributed by atoms with E-state index < -0.39 is 11.9 Å². The third-order valence-corrected chi connectivity index (χ3v) is 2.56. The predicted molar refractivity (Wildman–Crippen MR) is 53.5 cm³/mol. The molecule has 1 aromatic carbocycles. The number of fused-ring (bicyclic) bond motifs is 1. The van der Waals surface area contributed by atoms with E-state index in [4.69, 9.17) is 14.6 Å². The summed E-state index contributed by atoms with van der Waals surface area (Å²) in [6.45, 7) is 0.442. The molecular formula is C11H12O4. The van der Waals surface area contributed by atoms with Crippen molar-refractivity contribution in [2.45, 2.75) is 12.3 Å². The maximum absolute atomic E-state index is 11.0. The molecule has 0 bridgehead atoms. The van der Waals surface area contributed by atoms with Crippen LogP contribution in [0, 0.1) is 0 Å². The molecule has 1 N–H and O–H groups in total. The lowest BCUT2D eigenvalue weighted by Gasteiger charge is -2.23. The van der Waals surface area contributed by atoms with Crippen LogP contribution in [0.1, 0.15) is 17.9 Å². The van der Waals surface area contributed by atoms with Crippen molar-refractivity contribution < 1.29 is 19.4 Å². The van der Waals surface area contributed by atoms with Gasteiger partial charge in [0.15, 0.2) is 0 Å². The smallest absolute Gasteiger partial charge is 0.311 e. The lowest BCUT2D eigenvalue weighted by atomic mass is 9.93. The third kappa shape index (κ3) is 1.75. The van der Waals surface area contributed by atoms with E-state index in [1.54, 1.807) is 25.3 Å². The number of carbonyl (C=O) groups is 1. The van der Waals surface area contributed by atoms with Crippen LogP contribution < -0.4 is 9.47 Å². The minimum atomic E-state index is -0.801. The monoisotopic (exact) mass is 208 g/mol. The average Bonchev–Trinajstić information content (AvgIpc) is 2.27. The van der Waals surface area contributed by atoms with E-state index in [0.717, 1.165) is 5.56 Å². The summed E-state index contributed by atoms with van der Waals surface area (Å²) in [6, 6.07) is 5.24. The fourth-order valence-electron chi connectivity index (χ4n) is 1.75. The average molecular weight is 208 g/mol. The molecule has 1 aliphatic heterocycles. The quantitative estimate of drug-likeness (QED) is 0.802. The highest BCUT2D eigenvalue weighted by Crippen LogP contribution is 2.36. The molecule has 1 heterocycles. The van der Waals surface area contributed by atoms with Crippen LogP contribution in [0.4, 0.5) is 0 Å². The first kappa shape index (κ1) is 9.83. The highest BCUT2D eigenvalue weighted by Gasteiger charge is 2.27. The first-order chi connectivity index (χ1) is 7.22. The molecule has 0 unspecified atom stereocenters. The number of benzene rings is 1. The Morgan fingerprint density at radius 2 is 2.40 bits per heavy atom. The molecule has 4 nitrogen and oxygen atoms in total. The van der Waals surface area contributed by atoms with E-state index in [2.05, 4.69) is 0 Å². The van der Waals surface area contributed by atoms with Crippen molar-refractivity contribution >= 4 is 5.97 Å². The Kier molecular flexibility index (Phi) is 2.49. The molecule has 0 aromatic heterocycles. The van der Waals surface area contributed by atoms with Crippen molar-refractivity contribution in [3.8, 4) is 11.5 Å². The van der Waals surface area contributed by atoms with Crippen LogP contribution in [-0.4, -0.2) is 24.8 Å². The SMILES string of the molecule is COc1ccc2c(c1)OCC[C@H]2C(=O)O. The van der Waals surface area contributed by atoms with Gasteiger partial charge in [-0.05, 0) is 12.5 Å². The molecule has 0 radical (unpaired) electrons. The Labute approximate surface area is 87.4 Å². The number of ether oxygens (including phenoxy) is 2. The second kappa shape index (κ2) is 3.81. The summed E-state index contributed by atoms with van der Waals surface area (Å²) < 4.78 is 10.5. The van der Waals surface area contributed by atoms with Gasteiger partial charge in [-0.3, -0.25) is 4.79 Å². The first-order valence-corrected chi connectivity index (χ1v) is 4.76. The molecule has 0 saturated heterocycles. The van der Waals surface area contributed by atoms with E-state index in [1.165, 1.54) is 0 Å². The van der Waals surface area contributed by atoms with E-state index in [1.807, 2.05) is 0 Å². The summed E-state index contributed by atoms with van der Waals surface area (Å²) in [4.78, 5) is 11.0. The van der Waals surface area contributed by atoms with E-state index in [9.17, 15) is 4.79 Å². The molecule has 1 atom stereocenters. The number of carboxylic acids is 1. The topological polar surface area (TPSA) is 55.8 Å². The van der Waals surface area contributed by atoms with Gasteiger partial charge in [-0.25, -0.2) is 0 Å². The summed E-state index contributed by atoms with van der Waals surface area (Å²) in [7, 11) is 1.57. The highest BCUT2D eigenvalue weighted by atomic mass is 16.5. The molecule has 0 fully saturated rings. The Bertz CT molecular complexity index is 386. The van der Waals surface area contributed by atoms with E-state index in [0.29, 0.717) is 24.5 Å². The molecule has 0 amide bonds. The summed E-state index contributed by atoms with van der Waals surface area (Å²) in [5.41, 5.74) is 0.731. The molecule has 0 aliphatic carbocycles. The van der Waals surface area contributed by atoms with Crippen LogP contribution in [0.15, 0.2) is 18.2 Å². The standard InChI is InChI=1S/C11H12O4/c1-14-7-2-3-8-9(11(12)13)4-5-15-10(8)6-7/h2-3,6,9H,4-5H2,1H3,(H,12,13)/t9-/m1/s1. The second-order valence-corrected chi connectivity index (χ2v) is 3.43. The number of rotatable bonds is 2. The van der Waals surface area contributed by atoms with Gasteiger partial charge in [-0.2, -0.15) is 0 Å². The zero-order valence-corrected chi connectivity index (χ0v) is 8.40. The van der Waals surface area contributed by atoms with Crippen LogP contribution in [0.5, 0.6) is 11.5 Å². The largest absolute Gasteiger partial charge is 0.497 e. The van der Waals surface area contributed by atoms with Gasteiger partial charge >= 0.3 is 5.97 Å². The fourth-order valence-corrected chi connectivity index (χ4v) is 1.75. The van der Waals surface area contributed by atoms with Gasteiger partial charge in [-0.1, -0.05) is 6.07 Å². The molecular weight excluding hydrogens is 196 g/mol. The maximum atomic E-state index is 11.0. The lowest BCUT2D eigenvalue weighted by Crippen LogP contribution is -2.20. The second-order valence-electron chi connectivity index (χ2n) is 3.43. The van der Waals surface area contributed by atoms with Gasteiger partial charge in [-0.15, -0.1) is 0 Å². The molecule has 0 spiro atoms. The third-order valence-electron chi connectivity index (χ3n) is 2.56. The van der Waals surface area contributed by atoms with Crippen molar-refractivity contribution in [3.05, 3.63) is 23.8 Å². The van der Waals surface area contributed by atoms with Crippen molar-refractivity contribution in [1.29, 1.82) is 0 Å². The summed E-state index contributed by atoms with van der Waals surface area (Å²) >= 11 is 0. The summed E-state index contributed by atoms with van der Waals surface area (Å²) in [6.07, 6.45) is 0.522. The van der Waals surface area contributed by atoms with Gasteiger partial charge in [0.1, 0.15) is 11.5 Å². The minimum Gasteiger partial charge on any atom is -0.497 e. The number of hydrogen-bond acceptors (Lipinski definition) is 3. The van der Waals surface area contributed by atoms with Crippen LogP contribution in [-0.2, 0) is 4.79 Å². The van der Waals surface area contributed by atoms with E-state index in [-0.39, 0.29) is 0 Å². The molecule has 0 saturated carbocycles. The summed E-state index contributed by atoms with van der Waals surface area (Å²) in [5.74, 6) is 0.0390. The lowest BCUT2D eigenvalue weighted by molar-refractivity contribution is -0.139. The van der Waals surface area contributed by atoms with Crippen LogP contribution in [0.3, 0.4) is 0 Å². The number of methoxy groups -OCH3 is 1. The van der Waals surface area contributed by atoms with Crippen molar-refractivity contribution in [2.24, 2.45) is 0 Å². The molecule has 15 heavy (non-hydrogen) atoms. The van der Waals surface area contributed by atoms with Gasteiger partial charge < -0.3 is 14.6 Å². The molecule has 1 aliphatic rings. The fraction of sp³-hybridized carbons (Fsp3) is 0.364. The normalized spacial score (nSPS) is 18.9.